The van der Waals surface area contributed by atoms with E-state index in [1.54, 1.807) is 19.0 Å². The summed E-state index contributed by atoms with van der Waals surface area (Å²) in [7, 11) is 3.44. The highest BCUT2D eigenvalue weighted by atomic mass is 19.1. The van der Waals surface area contributed by atoms with Crippen LogP contribution in [-0.4, -0.2) is 31.8 Å². The third-order valence-corrected chi connectivity index (χ3v) is 1.76. The molecular weight excluding hydrogens is 201 g/mol. The van der Waals surface area contributed by atoms with Crippen LogP contribution >= 0.6 is 0 Å². The Morgan fingerprint density at radius 3 is 2.67 bits per heavy atom. The number of halogens is 1. The zero-order valence-corrected chi connectivity index (χ0v) is 8.53. The van der Waals surface area contributed by atoms with E-state index < -0.39 is 18.4 Å². The van der Waals surface area contributed by atoms with Gasteiger partial charge in [-0.15, -0.1) is 0 Å². The molecule has 15 heavy (non-hydrogen) atoms. The Labute approximate surface area is 86.9 Å². The monoisotopic (exact) mass is 213 g/mol. The van der Waals surface area contributed by atoms with Crippen LogP contribution in [0.25, 0.3) is 0 Å². The van der Waals surface area contributed by atoms with Crippen LogP contribution in [0.15, 0.2) is 18.2 Å². The molecule has 0 amide bonds. The molecule has 0 aliphatic heterocycles. The third-order valence-electron chi connectivity index (χ3n) is 1.76. The Kier molecular flexibility index (Phi) is 3.49. The molecule has 0 fully saturated rings. The van der Waals surface area contributed by atoms with Crippen LogP contribution in [0.3, 0.4) is 0 Å². The first-order chi connectivity index (χ1) is 7.00. The minimum atomic E-state index is -1.09. The molecule has 0 radical (unpaired) electrons. The molecule has 0 bridgehead atoms. The second kappa shape index (κ2) is 4.63. The van der Waals surface area contributed by atoms with Gasteiger partial charge in [-0.3, -0.25) is 0 Å². The van der Waals surface area contributed by atoms with Gasteiger partial charge in [0.2, 0.25) is 0 Å². The molecular formula is C10H12FNO3. The van der Waals surface area contributed by atoms with Crippen molar-refractivity contribution in [3.63, 3.8) is 0 Å². The number of benzene rings is 1. The summed E-state index contributed by atoms with van der Waals surface area (Å²) in [5.74, 6) is -1.32. The number of hydrogen-bond donors (Lipinski definition) is 1. The number of ether oxygens (including phenoxy) is 1. The fourth-order valence-corrected chi connectivity index (χ4v) is 1.09. The molecule has 1 rings (SSSR count). The molecule has 0 unspecified atom stereocenters. The molecule has 0 spiro atoms. The van der Waals surface area contributed by atoms with Crippen LogP contribution in [0.1, 0.15) is 0 Å². The van der Waals surface area contributed by atoms with E-state index in [9.17, 15) is 9.18 Å². The fraction of sp³-hybridized carbons (Fsp3) is 0.300. The molecule has 5 heteroatoms. The smallest absolute Gasteiger partial charge is 0.341 e. The summed E-state index contributed by atoms with van der Waals surface area (Å²) in [6, 6.07) is 4.23. The number of carboxylic acid groups (broad SMARTS) is 1. The van der Waals surface area contributed by atoms with Gasteiger partial charge in [0, 0.05) is 20.2 Å². The van der Waals surface area contributed by atoms with Crippen molar-refractivity contribution in [2.24, 2.45) is 0 Å². The highest BCUT2D eigenvalue weighted by Crippen LogP contribution is 2.22. The van der Waals surface area contributed by atoms with Crippen LogP contribution in [0.4, 0.5) is 10.1 Å². The Balaban J connectivity index is 2.77. The minimum absolute atomic E-state index is 0.209. The quantitative estimate of drug-likeness (QED) is 0.820. The maximum absolute atomic E-state index is 13.4. The molecule has 0 aliphatic carbocycles. The molecule has 82 valence electrons. The van der Waals surface area contributed by atoms with Gasteiger partial charge in [-0.25, -0.2) is 9.18 Å². The van der Waals surface area contributed by atoms with Gasteiger partial charge in [0.25, 0.3) is 0 Å². The molecule has 0 aliphatic rings. The number of carbonyl (C=O) groups is 1. The number of nitrogens with zero attached hydrogens (tertiary/aromatic N) is 1. The molecule has 1 N–H and O–H groups in total. The maximum Gasteiger partial charge on any atom is 0.341 e. The number of carboxylic acids is 1. The highest BCUT2D eigenvalue weighted by Gasteiger charge is 2.06. The summed E-state index contributed by atoms with van der Waals surface area (Å²) < 4.78 is 18.2. The summed E-state index contributed by atoms with van der Waals surface area (Å²) in [5.41, 5.74) is 0.428. The summed E-state index contributed by atoms with van der Waals surface area (Å²) >= 11 is 0. The minimum Gasteiger partial charge on any atom is -0.482 e. The third kappa shape index (κ3) is 3.12. The van der Waals surface area contributed by atoms with Crippen LogP contribution < -0.4 is 9.64 Å². The van der Waals surface area contributed by atoms with Gasteiger partial charge in [0.05, 0.1) is 5.69 Å². The van der Waals surface area contributed by atoms with Gasteiger partial charge in [-0.1, -0.05) is 0 Å². The average Bonchev–Trinajstić information content (AvgIpc) is 2.14. The molecule has 0 heterocycles. The van der Waals surface area contributed by atoms with E-state index in [0.717, 1.165) is 6.07 Å². The lowest BCUT2D eigenvalue weighted by molar-refractivity contribution is -0.139. The Morgan fingerprint density at radius 2 is 2.20 bits per heavy atom. The summed E-state index contributed by atoms with van der Waals surface area (Å²) in [4.78, 5) is 11.8. The van der Waals surface area contributed by atoms with Gasteiger partial charge < -0.3 is 14.7 Å². The van der Waals surface area contributed by atoms with Crippen molar-refractivity contribution in [1.82, 2.24) is 0 Å². The normalized spacial score (nSPS) is 9.80. The summed E-state index contributed by atoms with van der Waals surface area (Å²) in [5, 5.41) is 8.36. The van der Waals surface area contributed by atoms with Crippen molar-refractivity contribution in [1.29, 1.82) is 0 Å². The summed E-state index contributed by atoms with van der Waals surface area (Å²) in [6.45, 7) is -0.471. The first-order valence-corrected chi connectivity index (χ1v) is 4.32. The zero-order chi connectivity index (χ0) is 11.4. The topological polar surface area (TPSA) is 49.8 Å². The molecule has 1 aromatic carbocycles. The number of rotatable bonds is 4. The van der Waals surface area contributed by atoms with Crippen molar-refractivity contribution in [3.05, 3.63) is 24.0 Å². The van der Waals surface area contributed by atoms with E-state index in [2.05, 4.69) is 0 Å². The van der Waals surface area contributed by atoms with Crippen molar-refractivity contribution < 1.29 is 19.0 Å². The first kappa shape index (κ1) is 11.3. The number of hydrogen-bond acceptors (Lipinski definition) is 3. The molecule has 0 aromatic heterocycles. The van der Waals surface area contributed by atoms with Gasteiger partial charge in [0.15, 0.2) is 6.61 Å². The van der Waals surface area contributed by atoms with E-state index in [4.69, 9.17) is 9.84 Å². The van der Waals surface area contributed by atoms with E-state index in [-0.39, 0.29) is 5.75 Å². The predicted octanol–water partition coefficient (Wildman–Crippen LogP) is 1.36. The van der Waals surface area contributed by atoms with Gasteiger partial charge in [-0.05, 0) is 12.1 Å². The van der Waals surface area contributed by atoms with Crippen LogP contribution in [0.5, 0.6) is 5.75 Å². The van der Waals surface area contributed by atoms with Crippen molar-refractivity contribution in [2.45, 2.75) is 0 Å². The Hall–Kier alpha value is -1.78. The van der Waals surface area contributed by atoms with Crippen molar-refractivity contribution in [2.75, 3.05) is 25.6 Å². The van der Waals surface area contributed by atoms with Gasteiger partial charge in [-0.2, -0.15) is 0 Å². The average molecular weight is 213 g/mol. The maximum atomic E-state index is 13.4. The lowest BCUT2D eigenvalue weighted by Crippen LogP contribution is -2.12. The van der Waals surface area contributed by atoms with E-state index in [1.807, 2.05) is 0 Å². The standard InChI is InChI=1S/C10H12FNO3/c1-12(2)9-4-3-7(5-8(9)11)15-6-10(13)14/h3-5H,6H2,1-2H3,(H,13,14). The van der Waals surface area contributed by atoms with Crippen molar-refractivity contribution >= 4 is 11.7 Å². The molecule has 0 saturated carbocycles. The van der Waals surface area contributed by atoms with Crippen LogP contribution in [-0.2, 0) is 4.79 Å². The Bertz CT molecular complexity index is 366. The van der Waals surface area contributed by atoms with E-state index >= 15 is 0 Å². The molecule has 4 nitrogen and oxygen atoms in total. The van der Waals surface area contributed by atoms with E-state index in [1.165, 1.54) is 12.1 Å². The molecule has 0 atom stereocenters. The van der Waals surface area contributed by atoms with Gasteiger partial charge in [0.1, 0.15) is 11.6 Å². The van der Waals surface area contributed by atoms with E-state index in [0.29, 0.717) is 5.69 Å². The Morgan fingerprint density at radius 1 is 1.53 bits per heavy atom. The number of aliphatic carboxylic acids is 1. The SMILES string of the molecule is CN(C)c1ccc(OCC(=O)O)cc1F. The van der Waals surface area contributed by atoms with Gasteiger partial charge >= 0.3 is 5.97 Å². The highest BCUT2D eigenvalue weighted by molar-refractivity contribution is 5.68. The largest absolute Gasteiger partial charge is 0.482 e. The second-order valence-corrected chi connectivity index (χ2v) is 3.19. The zero-order valence-electron chi connectivity index (χ0n) is 8.53. The summed E-state index contributed by atoms with van der Waals surface area (Å²) in [6.07, 6.45) is 0. The first-order valence-electron chi connectivity index (χ1n) is 4.32. The lowest BCUT2D eigenvalue weighted by atomic mass is 10.3. The van der Waals surface area contributed by atoms with Crippen molar-refractivity contribution in [3.8, 4) is 5.75 Å². The number of anilines is 1. The fourth-order valence-electron chi connectivity index (χ4n) is 1.09. The van der Waals surface area contributed by atoms with Crippen LogP contribution in [0.2, 0.25) is 0 Å². The second-order valence-electron chi connectivity index (χ2n) is 3.19. The molecule has 1 aromatic rings. The van der Waals surface area contributed by atoms with Crippen LogP contribution in [0, 0.1) is 5.82 Å². The molecule has 0 saturated heterocycles. The lowest BCUT2D eigenvalue weighted by Gasteiger charge is -2.14. The predicted molar refractivity (Wildman–Crippen MR) is 53.9 cm³/mol.